The number of benzene rings is 2. The molecule has 0 spiro atoms. The molecule has 0 saturated carbocycles. The van der Waals surface area contributed by atoms with E-state index >= 15 is 0 Å². The Morgan fingerprint density at radius 2 is 1.74 bits per heavy atom. The monoisotopic (exact) mass is 311 g/mol. The molecule has 2 aromatic carbocycles. The summed E-state index contributed by atoms with van der Waals surface area (Å²) < 4.78 is 0. The van der Waals surface area contributed by atoms with Gasteiger partial charge in [0.25, 0.3) is 0 Å². The minimum absolute atomic E-state index is 0.0159. The molecular weight excluding hydrogens is 290 g/mol. The smallest absolute Gasteiger partial charge is 0.244 e. The zero-order chi connectivity index (χ0) is 16.8. The average molecular weight is 311 g/mol. The molecule has 0 radical (unpaired) electrons. The number of rotatable bonds is 5. The lowest BCUT2D eigenvalue weighted by Crippen LogP contribution is -2.20. The summed E-state index contributed by atoms with van der Waals surface area (Å²) in [6.45, 7) is 4.23. The molecule has 0 atom stereocenters. The number of phenols is 2. The van der Waals surface area contributed by atoms with Crippen LogP contribution in [-0.4, -0.2) is 16.1 Å². The largest absolute Gasteiger partial charge is 0.507 e. The first-order chi connectivity index (χ1) is 11.0. The van der Waals surface area contributed by atoms with Crippen LogP contribution in [0.2, 0.25) is 0 Å². The van der Waals surface area contributed by atoms with E-state index in [-0.39, 0.29) is 23.3 Å². The predicted molar refractivity (Wildman–Crippen MR) is 91.2 cm³/mol. The lowest BCUT2D eigenvalue weighted by atomic mass is 9.99. The normalized spacial score (nSPS) is 11.1. The van der Waals surface area contributed by atoms with Crippen LogP contribution in [0.4, 0.5) is 0 Å². The van der Waals surface area contributed by atoms with E-state index in [1.807, 2.05) is 44.2 Å². The summed E-state index contributed by atoms with van der Waals surface area (Å²) in [6, 6.07) is 12.7. The van der Waals surface area contributed by atoms with E-state index in [0.29, 0.717) is 17.7 Å². The summed E-state index contributed by atoms with van der Waals surface area (Å²) in [5.74, 6) is -0.156. The molecule has 4 heteroatoms. The number of phenolic OH excluding ortho intramolecular Hbond substituents is 2. The molecule has 2 rings (SSSR count). The van der Waals surface area contributed by atoms with Gasteiger partial charge in [0.1, 0.15) is 11.5 Å². The van der Waals surface area contributed by atoms with Crippen molar-refractivity contribution in [2.24, 2.45) is 0 Å². The third-order valence-electron chi connectivity index (χ3n) is 3.47. The molecule has 120 valence electrons. The first kappa shape index (κ1) is 16.6. The summed E-state index contributed by atoms with van der Waals surface area (Å²) in [5, 5.41) is 22.7. The molecular formula is C19H21NO3. The van der Waals surface area contributed by atoms with Crippen LogP contribution in [0.1, 0.15) is 36.5 Å². The zero-order valence-corrected chi connectivity index (χ0v) is 13.3. The molecule has 1 amide bonds. The molecule has 0 aliphatic heterocycles. The van der Waals surface area contributed by atoms with Gasteiger partial charge in [-0.1, -0.05) is 44.2 Å². The van der Waals surface area contributed by atoms with Crippen molar-refractivity contribution in [3.05, 3.63) is 65.2 Å². The summed E-state index contributed by atoms with van der Waals surface area (Å²) in [4.78, 5) is 11.8. The van der Waals surface area contributed by atoms with Gasteiger partial charge >= 0.3 is 0 Å². The summed E-state index contributed by atoms with van der Waals surface area (Å²) in [7, 11) is 0. The Balaban J connectivity index is 2.01. The van der Waals surface area contributed by atoms with Crippen molar-refractivity contribution in [3.8, 4) is 11.5 Å². The highest BCUT2D eigenvalue weighted by Crippen LogP contribution is 2.35. The SMILES string of the molecule is CC(C)c1c(O)cc(C=CC(=O)NCc2ccccc2)cc1O. The Morgan fingerprint density at radius 3 is 2.30 bits per heavy atom. The third-order valence-corrected chi connectivity index (χ3v) is 3.47. The number of amides is 1. The van der Waals surface area contributed by atoms with Crippen molar-refractivity contribution in [2.75, 3.05) is 0 Å². The summed E-state index contributed by atoms with van der Waals surface area (Å²) >= 11 is 0. The van der Waals surface area contributed by atoms with Crippen molar-refractivity contribution in [3.63, 3.8) is 0 Å². The van der Waals surface area contributed by atoms with Crippen LogP contribution in [0.15, 0.2) is 48.5 Å². The quantitative estimate of drug-likeness (QED) is 0.740. The van der Waals surface area contributed by atoms with Gasteiger partial charge < -0.3 is 15.5 Å². The molecule has 0 aromatic heterocycles. The van der Waals surface area contributed by atoms with Crippen LogP contribution >= 0.6 is 0 Å². The Morgan fingerprint density at radius 1 is 1.13 bits per heavy atom. The maximum absolute atomic E-state index is 11.8. The van der Waals surface area contributed by atoms with Gasteiger partial charge in [-0.25, -0.2) is 0 Å². The minimum Gasteiger partial charge on any atom is -0.507 e. The van der Waals surface area contributed by atoms with E-state index in [0.717, 1.165) is 5.56 Å². The Bertz CT molecular complexity index is 683. The Kier molecular flexibility index (Phi) is 5.41. The highest BCUT2D eigenvalue weighted by molar-refractivity contribution is 5.91. The molecule has 2 aromatic rings. The highest BCUT2D eigenvalue weighted by atomic mass is 16.3. The first-order valence-corrected chi connectivity index (χ1v) is 7.53. The number of hydrogen-bond donors (Lipinski definition) is 3. The number of aromatic hydroxyl groups is 2. The molecule has 0 aliphatic rings. The van der Waals surface area contributed by atoms with Gasteiger partial charge in [-0.3, -0.25) is 4.79 Å². The molecule has 0 saturated heterocycles. The summed E-state index contributed by atoms with van der Waals surface area (Å²) in [6.07, 6.45) is 2.94. The summed E-state index contributed by atoms with van der Waals surface area (Å²) in [5.41, 5.74) is 2.10. The van der Waals surface area contributed by atoms with Crippen molar-refractivity contribution in [1.82, 2.24) is 5.32 Å². The topological polar surface area (TPSA) is 69.6 Å². The van der Waals surface area contributed by atoms with Gasteiger partial charge in [0.2, 0.25) is 5.91 Å². The van der Waals surface area contributed by atoms with Crippen molar-refractivity contribution >= 4 is 12.0 Å². The minimum atomic E-state index is -0.235. The van der Waals surface area contributed by atoms with Gasteiger partial charge in [-0.2, -0.15) is 0 Å². The molecule has 0 bridgehead atoms. The van der Waals surface area contributed by atoms with Crippen molar-refractivity contribution < 1.29 is 15.0 Å². The molecule has 4 nitrogen and oxygen atoms in total. The van der Waals surface area contributed by atoms with Crippen molar-refractivity contribution in [2.45, 2.75) is 26.3 Å². The molecule has 23 heavy (non-hydrogen) atoms. The van der Waals surface area contributed by atoms with E-state index in [4.69, 9.17) is 0 Å². The van der Waals surface area contributed by atoms with Crippen LogP contribution in [0, 0.1) is 0 Å². The predicted octanol–water partition coefficient (Wildman–Crippen LogP) is 3.55. The second-order valence-corrected chi connectivity index (χ2v) is 5.66. The molecule has 0 aliphatic carbocycles. The van der Waals surface area contributed by atoms with E-state index in [2.05, 4.69) is 5.32 Å². The second-order valence-electron chi connectivity index (χ2n) is 5.66. The van der Waals surface area contributed by atoms with Crippen LogP contribution in [0.25, 0.3) is 6.08 Å². The van der Waals surface area contributed by atoms with E-state index in [9.17, 15) is 15.0 Å². The average Bonchev–Trinajstić information content (AvgIpc) is 2.51. The van der Waals surface area contributed by atoms with Gasteiger partial charge in [-0.15, -0.1) is 0 Å². The fourth-order valence-electron chi connectivity index (χ4n) is 2.35. The van der Waals surface area contributed by atoms with E-state index in [1.54, 1.807) is 6.08 Å². The lowest BCUT2D eigenvalue weighted by molar-refractivity contribution is -0.116. The number of carbonyl (C=O) groups excluding carboxylic acids is 1. The maximum atomic E-state index is 11.8. The molecule has 3 N–H and O–H groups in total. The molecule has 0 unspecified atom stereocenters. The van der Waals surface area contributed by atoms with Crippen molar-refractivity contribution in [1.29, 1.82) is 0 Å². The van der Waals surface area contributed by atoms with Gasteiger partial charge in [-0.05, 0) is 35.3 Å². The number of nitrogens with one attached hydrogen (secondary N) is 1. The van der Waals surface area contributed by atoms with Crippen LogP contribution < -0.4 is 5.32 Å². The van der Waals surface area contributed by atoms with Crippen LogP contribution in [0.5, 0.6) is 11.5 Å². The molecule has 0 heterocycles. The number of carbonyl (C=O) groups is 1. The maximum Gasteiger partial charge on any atom is 0.244 e. The standard InChI is InChI=1S/C19H21NO3/c1-13(2)19-16(21)10-15(11-17(19)22)8-9-18(23)20-12-14-6-4-3-5-7-14/h3-11,13,21-22H,12H2,1-2H3,(H,20,23). The zero-order valence-electron chi connectivity index (χ0n) is 13.3. The van der Waals surface area contributed by atoms with Gasteiger partial charge in [0, 0.05) is 18.2 Å². The third kappa shape index (κ3) is 4.61. The highest BCUT2D eigenvalue weighted by Gasteiger charge is 2.12. The number of hydrogen-bond acceptors (Lipinski definition) is 3. The lowest BCUT2D eigenvalue weighted by Gasteiger charge is -2.11. The first-order valence-electron chi connectivity index (χ1n) is 7.53. The van der Waals surface area contributed by atoms with Gasteiger partial charge in [0.15, 0.2) is 0 Å². The van der Waals surface area contributed by atoms with Crippen LogP contribution in [0.3, 0.4) is 0 Å². The van der Waals surface area contributed by atoms with E-state index in [1.165, 1.54) is 18.2 Å². The van der Waals surface area contributed by atoms with Gasteiger partial charge in [0.05, 0.1) is 0 Å². The Hall–Kier alpha value is -2.75. The second kappa shape index (κ2) is 7.49. The molecule has 0 fully saturated rings. The fraction of sp³-hybridized carbons (Fsp3) is 0.211. The fourth-order valence-corrected chi connectivity index (χ4v) is 2.35. The van der Waals surface area contributed by atoms with Crippen LogP contribution in [-0.2, 0) is 11.3 Å². The Labute approximate surface area is 136 Å². The van der Waals surface area contributed by atoms with E-state index < -0.39 is 0 Å².